The number of halogens is 1. The van der Waals surface area contributed by atoms with Gasteiger partial charge in [0.2, 0.25) is 0 Å². The molecule has 0 aliphatic carbocycles. The van der Waals surface area contributed by atoms with Gasteiger partial charge in [-0.15, -0.1) is 0 Å². The van der Waals surface area contributed by atoms with Gasteiger partial charge in [-0.2, -0.15) is 0 Å². The number of rotatable bonds is 6. The zero-order chi connectivity index (χ0) is 26.6. The molecule has 1 heterocycles. The summed E-state index contributed by atoms with van der Waals surface area (Å²) in [5.74, 6) is -0.555. The highest BCUT2D eigenvalue weighted by atomic mass is 35.5. The van der Waals surface area contributed by atoms with Crippen LogP contribution in [0.1, 0.15) is 16.7 Å². The van der Waals surface area contributed by atoms with Crippen molar-refractivity contribution < 1.29 is 14.3 Å². The van der Waals surface area contributed by atoms with E-state index in [0.29, 0.717) is 34.3 Å². The maximum Gasteiger partial charge on any atom is 0.270 e. The highest BCUT2D eigenvalue weighted by Crippen LogP contribution is 2.32. The molecule has 0 atom stereocenters. The number of nitrogens with zero attached hydrogens (tertiary/aromatic N) is 2. The van der Waals surface area contributed by atoms with E-state index in [4.69, 9.17) is 28.6 Å². The third-order valence-corrected chi connectivity index (χ3v) is 6.63. The number of hydrogen-bond donors (Lipinski definition) is 0. The van der Waals surface area contributed by atoms with E-state index in [1.54, 1.807) is 42.5 Å². The molecule has 5 rings (SSSR count). The quantitative estimate of drug-likeness (QED) is 0.151. The lowest BCUT2D eigenvalue weighted by Crippen LogP contribution is -2.56. The van der Waals surface area contributed by atoms with E-state index >= 15 is 0 Å². The summed E-state index contributed by atoms with van der Waals surface area (Å²) in [7, 11) is 0. The van der Waals surface area contributed by atoms with Crippen LogP contribution in [-0.4, -0.2) is 16.9 Å². The maximum atomic E-state index is 13.8. The number of thiocarbonyl (C=S) groups is 1. The third kappa shape index (κ3) is 5.23. The predicted octanol–water partition coefficient (Wildman–Crippen LogP) is 6.98. The van der Waals surface area contributed by atoms with Crippen LogP contribution in [0.25, 0.3) is 6.08 Å². The fraction of sp³-hybridized carbons (Fsp3) is 0.0645. The summed E-state index contributed by atoms with van der Waals surface area (Å²) in [6.45, 7) is 2.33. The largest absolute Gasteiger partial charge is 0.488 e. The molecule has 5 nitrogen and oxygen atoms in total. The van der Waals surface area contributed by atoms with E-state index in [9.17, 15) is 9.59 Å². The number of carbonyl (C=O) groups excluding carboxylic acids is 2. The van der Waals surface area contributed by atoms with Crippen LogP contribution in [-0.2, 0) is 16.2 Å². The molecule has 188 valence electrons. The van der Waals surface area contributed by atoms with Crippen LogP contribution in [0.15, 0.2) is 109 Å². The molecule has 0 radical (unpaired) electrons. The number of hydrogen-bond acceptors (Lipinski definition) is 4. The molecule has 7 heteroatoms. The van der Waals surface area contributed by atoms with Gasteiger partial charge in [0.25, 0.3) is 11.8 Å². The Morgan fingerprint density at radius 3 is 1.97 bits per heavy atom. The van der Waals surface area contributed by atoms with E-state index < -0.39 is 11.8 Å². The van der Waals surface area contributed by atoms with Gasteiger partial charge in [-0.3, -0.25) is 19.4 Å². The van der Waals surface area contributed by atoms with Gasteiger partial charge in [0, 0.05) is 10.6 Å². The second-order valence-electron chi connectivity index (χ2n) is 8.75. The van der Waals surface area contributed by atoms with Crippen molar-refractivity contribution in [2.24, 2.45) is 0 Å². The minimum absolute atomic E-state index is 0.0611. The number of aryl methyl sites for hydroxylation is 1. The van der Waals surface area contributed by atoms with E-state index in [0.717, 1.165) is 11.1 Å². The average Bonchev–Trinajstić information content (AvgIpc) is 2.92. The molecule has 0 N–H and O–H groups in total. The number of anilines is 2. The summed E-state index contributed by atoms with van der Waals surface area (Å²) in [6, 6.07) is 31.2. The molecule has 0 unspecified atom stereocenters. The Hall–Kier alpha value is -4.26. The number of ether oxygens (including phenoxy) is 1. The molecular weight excluding hydrogens is 516 g/mol. The van der Waals surface area contributed by atoms with E-state index in [2.05, 4.69) is 0 Å². The summed E-state index contributed by atoms with van der Waals surface area (Å²) in [5.41, 5.74) is 3.69. The Labute approximate surface area is 231 Å². The van der Waals surface area contributed by atoms with Gasteiger partial charge in [0.15, 0.2) is 5.11 Å². The van der Waals surface area contributed by atoms with Crippen molar-refractivity contribution in [1.82, 2.24) is 0 Å². The van der Waals surface area contributed by atoms with Gasteiger partial charge in [0.05, 0.1) is 11.4 Å². The number of carbonyl (C=O) groups is 2. The normalized spacial score (nSPS) is 13.6. The maximum absolute atomic E-state index is 13.8. The van der Waals surface area contributed by atoms with Crippen molar-refractivity contribution in [3.05, 3.63) is 130 Å². The smallest absolute Gasteiger partial charge is 0.270 e. The number of benzene rings is 4. The van der Waals surface area contributed by atoms with Crippen LogP contribution in [0.3, 0.4) is 0 Å². The lowest BCUT2D eigenvalue weighted by atomic mass is 10.0. The third-order valence-electron chi connectivity index (χ3n) is 6.03. The molecule has 1 aliphatic heterocycles. The first kappa shape index (κ1) is 25.4. The van der Waals surface area contributed by atoms with Crippen molar-refractivity contribution in [3.63, 3.8) is 0 Å². The van der Waals surface area contributed by atoms with Crippen molar-refractivity contribution in [2.45, 2.75) is 13.5 Å². The van der Waals surface area contributed by atoms with Crippen LogP contribution in [0.4, 0.5) is 11.4 Å². The monoisotopic (exact) mass is 538 g/mol. The molecule has 1 aliphatic rings. The summed E-state index contributed by atoms with van der Waals surface area (Å²) in [4.78, 5) is 30.3. The summed E-state index contributed by atoms with van der Waals surface area (Å²) >= 11 is 12.0. The van der Waals surface area contributed by atoms with Gasteiger partial charge in [-0.05, 0) is 73.2 Å². The SMILES string of the molecule is Cc1cccc(COc2ccc(Cl)cc2C=C2C(=O)N(c3ccccc3)C(=S)N(c3ccccc3)C2=O)c1. The van der Waals surface area contributed by atoms with Crippen LogP contribution in [0, 0.1) is 6.92 Å². The molecule has 1 fully saturated rings. The minimum atomic E-state index is -0.525. The molecule has 0 aromatic heterocycles. The zero-order valence-electron chi connectivity index (χ0n) is 20.5. The topological polar surface area (TPSA) is 49.9 Å². The number of para-hydroxylation sites is 2. The number of amides is 2. The Kier molecular flexibility index (Phi) is 7.36. The van der Waals surface area contributed by atoms with Crippen LogP contribution < -0.4 is 14.5 Å². The zero-order valence-corrected chi connectivity index (χ0v) is 22.1. The Morgan fingerprint density at radius 1 is 0.789 bits per heavy atom. The van der Waals surface area contributed by atoms with E-state index in [-0.39, 0.29) is 10.7 Å². The van der Waals surface area contributed by atoms with Gasteiger partial charge >= 0.3 is 0 Å². The predicted molar refractivity (Wildman–Crippen MR) is 155 cm³/mol. The van der Waals surface area contributed by atoms with Crippen molar-refractivity contribution >= 4 is 58.2 Å². The van der Waals surface area contributed by atoms with Gasteiger partial charge in [0.1, 0.15) is 17.9 Å². The highest BCUT2D eigenvalue weighted by molar-refractivity contribution is 7.81. The molecule has 2 amide bonds. The lowest BCUT2D eigenvalue weighted by Gasteiger charge is -2.36. The molecule has 4 aromatic rings. The first-order chi connectivity index (χ1) is 18.4. The molecular formula is C31H23ClN2O3S. The van der Waals surface area contributed by atoms with Crippen molar-refractivity contribution in [1.29, 1.82) is 0 Å². The summed E-state index contributed by atoms with van der Waals surface area (Å²) in [6.07, 6.45) is 1.52. The molecule has 0 bridgehead atoms. The Balaban J connectivity index is 1.58. The molecule has 0 spiro atoms. The van der Waals surface area contributed by atoms with Gasteiger partial charge < -0.3 is 4.74 Å². The minimum Gasteiger partial charge on any atom is -0.488 e. The summed E-state index contributed by atoms with van der Waals surface area (Å²) in [5, 5.41) is 0.530. The Bertz CT molecular complexity index is 1490. The van der Waals surface area contributed by atoms with Crippen LogP contribution >= 0.6 is 23.8 Å². The first-order valence-corrected chi connectivity index (χ1v) is 12.7. The molecule has 38 heavy (non-hydrogen) atoms. The first-order valence-electron chi connectivity index (χ1n) is 11.9. The van der Waals surface area contributed by atoms with Crippen molar-refractivity contribution in [2.75, 3.05) is 9.80 Å². The van der Waals surface area contributed by atoms with Crippen molar-refractivity contribution in [3.8, 4) is 5.75 Å². The molecule has 0 saturated carbocycles. The van der Waals surface area contributed by atoms with Gasteiger partial charge in [-0.25, -0.2) is 0 Å². The van der Waals surface area contributed by atoms with Crippen LogP contribution in [0.5, 0.6) is 5.75 Å². The van der Waals surface area contributed by atoms with E-state index in [1.807, 2.05) is 67.6 Å². The van der Waals surface area contributed by atoms with Gasteiger partial charge in [-0.1, -0.05) is 77.8 Å². The second-order valence-corrected chi connectivity index (χ2v) is 9.55. The summed E-state index contributed by atoms with van der Waals surface area (Å²) < 4.78 is 6.11. The standard InChI is InChI=1S/C31H23ClN2O3S/c1-21-9-8-10-22(17-21)20-37-28-16-15-24(32)18-23(28)19-27-29(35)33(25-11-4-2-5-12-25)31(38)34(30(27)36)26-13-6-3-7-14-26/h2-19H,20H2,1H3. The molecule has 4 aromatic carbocycles. The Morgan fingerprint density at radius 2 is 1.39 bits per heavy atom. The fourth-order valence-electron chi connectivity index (χ4n) is 4.22. The average molecular weight is 539 g/mol. The second kappa shape index (κ2) is 11.0. The van der Waals surface area contributed by atoms with E-state index in [1.165, 1.54) is 15.9 Å². The molecule has 1 saturated heterocycles. The lowest BCUT2D eigenvalue weighted by molar-refractivity contribution is -0.120. The van der Waals surface area contributed by atoms with Crippen LogP contribution in [0.2, 0.25) is 5.02 Å². The fourth-order valence-corrected chi connectivity index (χ4v) is 4.78. The highest BCUT2D eigenvalue weighted by Gasteiger charge is 2.41.